The first-order chi connectivity index (χ1) is 10.3. The zero-order valence-electron chi connectivity index (χ0n) is 12.3. The summed E-state index contributed by atoms with van der Waals surface area (Å²) < 4.78 is 0. The van der Waals surface area contributed by atoms with Gasteiger partial charge in [-0.25, -0.2) is 0 Å². The molecule has 2 heteroatoms. The van der Waals surface area contributed by atoms with Gasteiger partial charge in [0.25, 0.3) is 0 Å². The predicted molar refractivity (Wildman–Crippen MR) is 86.4 cm³/mol. The second kappa shape index (κ2) is 6.88. The summed E-state index contributed by atoms with van der Waals surface area (Å²) in [4.78, 5) is 0. The number of hydrogen-bond donors (Lipinski definition) is 2. The quantitative estimate of drug-likeness (QED) is 0.902. The van der Waals surface area contributed by atoms with Gasteiger partial charge < -0.3 is 10.4 Å². The lowest BCUT2D eigenvalue weighted by Crippen LogP contribution is -2.49. The normalized spacial score (nSPS) is 23.7. The van der Waals surface area contributed by atoms with Gasteiger partial charge in [-0.1, -0.05) is 60.7 Å². The summed E-state index contributed by atoms with van der Waals surface area (Å²) in [5.41, 5.74) is 2.63. The fourth-order valence-corrected chi connectivity index (χ4v) is 3.33. The largest absolute Gasteiger partial charge is 0.391 e. The molecule has 0 aromatic heterocycles. The van der Waals surface area contributed by atoms with Crippen LogP contribution in [-0.2, 0) is 6.42 Å². The van der Waals surface area contributed by atoms with Crippen molar-refractivity contribution in [2.75, 3.05) is 6.54 Å². The third-order valence-corrected chi connectivity index (χ3v) is 4.43. The summed E-state index contributed by atoms with van der Waals surface area (Å²) >= 11 is 0. The molecule has 0 aliphatic carbocycles. The minimum absolute atomic E-state index is 0.140. The molecule has 3 unspecified atom stereocenters. The highest BCUT2D eigenvalue weighted by Gasteiger charge is 2.31. The Balaban J connectivity index is 1.87. The summed E-state index contributed by atoms with van der Waals surface area (Å²) in [5, 5.41) is 14.0. The van der Waals surface area contributed by atoms with Gasteiger partial charge in [0.05, 0.1) is 6.10 Å². The van der Waals surface area contributed by atoms with Crippen LogP contribution in [0.3, 0.4) is 0 Å². The molecule has 1 saturated heterocycles. The molecule has 1 heterocycles. The zero-order chi connectivity index (χ0) is 14.5. The molecule has 1 fully saturated rings. The Bertz CT molecular complexity index is 540. The van der Waals surface area contributed by atoms with Crippen LogP contribution in [0.15, 0.2) is 60.7 Å². The van der Waals surface area contributed by atoms with Crippen LogP contribution >= 0.6 is 0 Å². The average Bonchev–Trinajstić information content (AvgIpc) is 2.55. The molecule has 21 heavy (non-hydrogen) atoms. The van der Waals surface area contributed by atoms with Crippen molar-refractivity contribution in [2.45, 2.75) is 37.3 Å². The van der Waals surface area contributed by atoms with Crippen molar-refractivity contribution in [3.05, 3.63) is 71.8 Å². The van der Waals surface area contributed by atoms with Gasteiger partial charge in [-0.05, 0) is 36.9 Å². The van der Waals surface area contributed by atoms with E-state index in [0.29, 0.717) is 5.92 Å². The van der Waals surface area contributed by atoms with Crippen molar-refractivity contribution in [3.8, 4) is 0 Å². The first-order valence-electron chi connectivity index (χ1n) is 7.85. The van der Waals surface area contributed by atoms with E-state index in [4.69, 9.17) is 0 Å². The second-order valence-corrected chi connectivity index (χ2v) is 5.90. The van der Waals surface area contributed by atoms with E-state index in [9.17, 15) is 5.11 Å². The predicted octanol–water partition coefficient (Wildman–Crippen LogP) is 3.13. The molecule has 0 amide bonds. The minimum atomic E-state index is -0.257. The number of aliphatic hydroxyl groups excluding tert-OH is 1. The first kappa shape index (κ1) is 14.3. The highest BCUT2D eigenvalue weighted by molar-refractivity contribution is 5.26. The Hall–Kier alpha value is -1.64. The highest BCUT2D eigenvalue weighted by atomic mass is 16.3. The summed E-state index contributed by atoms with van der Waals surface area (Å²) in [6.45, 7) is 1.000. The fraction of sp³-hybridized carbons (Fsp3) is 0.368. The van der Waals surface area contributed by atoms with Crippen molar-refractivity contribution in [1.82, 2.24) is 5.32 Å². The molecule has 3 atom stereocenters. The van der Waals surface area contributed by atoms with Gasteiger partial charge in [-0.15, -0.1) is 0 Å². The van der Waals surface area contributed by atoms with Crippen LogP contribution in [0.1, 0.15) is 29.9 Å². The second-order valence-electron chi connectivity index (χ2n) is 5.90. The summed E-state index contributed by atoms with van der Waals surface area (Å²) in [6, 6.07) is 21.3. The molecule has 2 aromatic carbocycles. The van der Waals surface area contributed by atoms with Crippen LogP contribution < -0.4 is 5.32 Å². The molecule has 2 nitrogen and oxygen atoms in total. The smallest absolute Gasteiger partial charge is 0.0699 e. The molecule has 0 bridgehead atoms. The molecule has 0 radical (unpaired) electrons. The molecule has 110 valence electrons. The summed E-state index contributed by atoms with van der Waals surface area (Å²) in [6.07, 6.45) is 2.66. The maximum Gasteiger partial charge on any atom is 0.0699 e. The monoisotopic (exact) mass is 281 g/mol. The van der Waals surface area contributed by atoms with Crippen LogP contribution in [0.4, 0.5) is 0 Å². The number of hydrogen-bond acceptors (Lipinski definition) is 2. The number of benzene rings is 2. The van der Waals surface area contributed by atoms with E-state index in [1.54, 1.807) is 0 Å². The van der Waals surface area contributed by atoms with Gasteiger partial charge in [0.15, 0.2) is 0 Å². The third-order valence-electron chi connectivity index (χ3n) is 4.43. The maximum atomic E-state index is 10.4. The molecule has 0 saturated carbocycles. The van der Waals surface area contributed by atoms with E-state index < -0.39 is 0 Å². The Labute approximate surface area is 126 Å². The first-order valence-corrected chi connectivity index (χ1v) is 7.85. The zero-order valence-corrected chi connectivity index (χ0v) is 12.3. The molecule has 3 rings (SSSR count). The standard InChI is InChI=1S/C19H23NO/c21-18-12-7-13-20-19(18)17(16-10-5-2-6-11-16)14-15-8-3-1-4-9-15/h1-6,8-11,17-21H,7,12-14H2. The average molecular weight is 281 g/mol. The Kier molecular flexibility index (Phi) is 4.69. The van der Waals surface area contributed by atoms with E-state index in [1.807, 2.05) is 6.07 Å². The highest BCUT2D eigenvalue weighted by Crippen LogP contribution is 2.29. The van der Waals surface area contributed by atoms with Crippen LogP contribution in [-0.4, -0.2) is 23.8 Å². The SMILES string of the molecule is OC1CCCNC1C(Cc1ccccc1)c1ccccc1. The summed E-state index contributed by atoms with van der Waals surface area (Å²) in [7, 11) is 0. The maximum absolute atomic E-state index is 10.4. The Morgan fingerprint density at radius 1 is 1.00 bits per heavy atom. The molecular formula is C19H23NO. The van der Waals surface area contributed by atoms with Crippen molar-refractivity contribution >= 4 is 0 Å². The minimum Gasteiger partial charge on any atom is -0.391 e. The van der Waals surface area contributed by atoms with Gasteiger partial charge >= 0.3 is 0 Å². The molecule has 2 aromatic rings. The van der Waals surface area contributed by atoms with Crippen LogP contribution in [0.5, 0.6) is 0 Å². The number of nitrogens with one attached hydrogen (secondary N) is 1. The number of piperidine rings is 1. The van der Waals surface area contributed by atoms with Gasteiger partial charge in [0.1, 0.15) is 0 Å². The Morgan fingerprint density at radius 2 is 1.67 bits per heavy atom. The van der Waals surface area contributed by atoms with Crippen molar-refractivity contribution in [2.24, 2.45) is 0 Å². The van der Waals surface area contributed by atoms with Crippen molar-refractivity contribution < 1.29 is 5.11 Å². The third kappa shape index (κ3) is 3.52. The van der Waals surface area contributed by atoms with Crippen molar-refractivity contribution in [1.29, 1.82) is 0 Å². The van der Waals surface area contributed by atoms with Crippen LogP contribution in [0, 0.1) is 0 Å². The van der Waals surface area contributed by atoms with Crippen LogP contribution in [0.2, 0.25) is 0 Å². The fourth-order valence-electron chi connectivity index (χ4n) is 3.33. The van der Waals surface area contributed by atoms with Crippen molar-refractivity contribution in [3.63, 3.8) is 0 Å². The lowest BCUT2D eigenvalue weighted by Gasteiger charge is -2.36. The summed E-state index contributed by atoms with van der Waals surface area (Å²) in [5.74, 6) is 0.309. The molecule has 0 spiro atoms. The lowest BCUT2D eigenvalue weighted by atomic mass is 9.81. The molecule has 2 N–H and O–H groups in total. The van der Waals surface area contributed by atoms with E-state index >= 15 is 0 Å². The van der Waals surface area contributed by atoms with Gasteiger partial charge in [-0.2, -0.15) is 0 Å². The topological polar surface area (TPSA) is 32.3 Å². The van der Waals surface area contributed by atoms with E-state index in [-0.39, 0.29) is 12.1 Å². The molecule has 1 aliphatic rings. The molecule has 1 aliphatic heterocycles. The number of aliphatic hydroxyl groups is 1. The Morgan fingerprint density at radius 3 is 2.33 bits per heavy atom. The van der Waals surface area contributed by atoms with E-state index in [1.165, 1.54) is 11.1 Å². The molecular weight excluding hydrogens is 258 g/mol. The van der Waals surface area contributed by atoms with Gasteiger partial charge in [0.2, 0.25) is 0 Å². The number of rotatable bonds is 4. The van der Waals surface area contributed by atoms with E-state index in [2.05, 4.69) is 59.9 Å². The van der Waals surface area contributed by atoms with Gasteiger partial charge in [-0.3, -0.25) is 0 Å². The van der Waals surface area contributed by atoms with E-state index in [0.717, 1.165) is 25.8 Å². The van der Waals surface area contributed by atoms with Crippen LogP contribution in [0.25, 0.3) is 0 Å². The van der Waals surface area contributed by atoms with Gasteiger partial charge in [0, 0.05) is 12.0 Å². The lowest BCUT2D eigenvalue weighted by molar-refractivity contribution is 0.0833.